The zero-order valence-electron chi connectivity index (χ0n) is 20.0. The summed E-state index contributed by atoms with van der Waals surface area (Å²) in [5.74, 6) is -1.10. The largest absolute Gasteiger partial charge is 0.463 e. The van der Waals surface area contributed by atoms with E-state index in [1.54, 1.807) is 64.1 Å². The van der Waals surface area contributed by atoms with E-state index in [4.69, 9.17) is 18.5 Å². The Labute approximate surface area is 203 Å². The maximum atomic E-state index is 13.7. The van der Waals surface area contributed by atoms with Crippen LogP contribution >= 0.6 is 7.60 Å². The zero-order valence-corrected chi connectivity index (χ0v) is 20.9. The molecule has 1 aromatic carbocycles. The summed E-state index contributed by atoms with van der Waals surface area (Å²) in [6.45, 7) is 6.17. The molecule has 2 N–H and O–H groups in total. The zero-order chi connectivity index (χ0) is 25.8. The molecule has 2 aromatic rings. The number of para-hydroxylation sites is 1. The summed E-state index contributed by atoms with van der Waals surface area (Å²) in [5, 5.41) is 21.0. The summed E-state index contributed by atoms with van der Waals surface area (Å²) in [4.78, 5) is 28.3. The molecule has 0 aliphatic carbocycles. The van der Waals surface area contributed by atoms with E-state index in [1.807, 2.05) is 0 Å². The van der Waals surface area contributed by atoms with Crippen LogP contribution in [0.3, 0.4) is 0 Å². The van der Waals surface area contributed by atoms with Gasteiger partial charge in [0.05, 0.1) is 24.8 Å². The van der Waals surface area contributed by atoms with Gasteiger partial charge in [-0.1, -0.05) is 25.1 Å². The lowest BCUT2D eigenvalue weighted by Gasteiger charge is -2.24. The average Bonchev–Trinajstić information content (AvgIpc) is 3.06. The second-order valence-electron chi connectivity index (χ2n) is 8.69. The molecule has 1 aromatic heterocycles. The fraction of sp³-hybridized carbons (Fsp3) is 0.522. The van der Waals surface area contributed by atoms with E-state index in [0.717, 1.165) is 4.57 Å². The number of ether oxygens (including phenoxy) is 2. The molecule has 35 heavy (non-hydrogen) atoms. The number of aliphatic hydroxyl groups is 2. The molecule has 2 unspecified atom stereocenters. The van der Waals surface area contributed by atoms with Crippen molar-refractivity contribution in [2.24, 2.45) is 5.92 Å². The minimum Gasteiger partial charge on any atom is -0.463 e. The quantitative estimate of drug-likeness (QED) is 0.360. The van der Waals surface area contributed by atoms with Gasteiger partial charge in [0.15, 0.2) is 6.23 Å². The summed E-state index contributed by atoms with van der Waals surface area (Å²) in [7, 11) is -3.96. The Morgan fingerprint density at radius 2 is 1.86 bits per heavy atom. The van der Waals surface area contributed by atoms with Gasteiger partial charge in [0.25, 0.3) is 0 Å². The van der Waals surface area contributed by atoms with Crippen molar-refractivity contribution in [3.05, 3.63) is 58.8 Å². The van der Waals surface area contributed by atoms with E-state index in [-0.39, 0.29) is 18.0 Å². The topological polar surface area (TPSA) is 146 Å². The van der Waals surface area contributed by atoms with Crippen molar-refractivity contribution in [1.29, 1.82) is 0 Å². The van der Waals surface area contributed by atoms with Crippen LogP contribution in [0.5, 0.6) is 5.75 Å². The van der Waals surface area contributed by atoms with Crippen LogP contribution in [0.15, 0.2) is 47.4 Å². The highest BCUT2D eigenvalue weighted by atomic mass is 31.2. The second-order valence-corrected chi connectivity index (χ2v) is 10.7. The Bertz CT molecular complexity index is 1110. The van der Waals surface area contributed by atoms with Crippen LogP contribution in [0.4, 0.5) is 0 Å². The van der Waals surface area contributed by atoms with E-state index in [2.05, 4.69) is 4.98 Å². The number of nitrogens with zero attached hydrogens (tertiary/aromatic N) is 2. The number of aryl methyl sites for hydroxylation is 1. The summed E-state index contributed by atoms with van der Waals surface area (Å²) in [5.41, 5.74) is -0.165. The van der Waals surface area contributed by atoms with Crippen LogP contribution in [0.1, 0.15) is 32.7 Å². The third-order valence-corrected chi connectivity index (χ3v) is 7.28. The lowest BCUT2D eigenvalue weighted by molar-refractivity contribution is -0.151. The standard InChI is InChI=1S/C23H31N2O9P/c1-14(2)32-22(28)15(3)13-35(30,34-17-8-6-5-7-9-17)31-12-18-19(26)20(27)21(33-18)25-11-10-16(4)24-23(25)29/h5-11,14-15,18-21,26-27H,12-13H2,1-4H3/t15-,18-,19+,20?,21-,35?/m1/s1. The summed E-state index contributed by atoms with van der Waals surface area (Å²) in [6, 6.07) is 9.87. The Morgan fingerprint density at radius 3 is 2.49 bits per heavy atom. The number of rotatable bonds is 10. The van der Waals surface area contributed by atoms with E-state index < -0.39 is 56.3 Å². The van der Waals surface area contributed by atoms with Gasteiger partial charge in [0.2, 0.25) is 0 Å². The highest BCUT2D eigenvalue weighted by Gasteiger charge is 2.45. The molecule has 3 rings (SSSR count). The van der Waals surface area contributed by atoms with E-state index in [9.17, 15) is 24.4 Å². The highest BCUT2D eigenvalue weighted by molar-refractivity contribution is 7.54. The number of esters is 1. The molecule has 0 saturated carbocycles. The first kappa shape index (κ1) is 27.0. The molecule has 11 nitrogen and oxygen atoms in total. The molecule has 0 bridgehead atoms. The molecule has 1 aliphatic heterocycles. The number of benzene rings is 1. The van der Waals surface area contributed by atoms with E-state index in [0.29, 0.717) is 5.69 Å². The molecule has 1 saturated heterocycles. The van der Waals surface area contributed by atoms with Gasteiger partial charge in [-0.25, -0.2) is 9.36 Å². The second kappa shape index (κ2) is 11.5. The highest BCUT2D eigenvalue weighted by Crippen LogP contribution is 2.50. The molecular formula is C23H31N2O9P. The van der Waals surface area contributed by atoms with Gasteiger partial charge < -0.3 is 24.2 Å². The Morgan fingerprint density at radius 1 is 1.17 bits per heavy atom. The third-order valence-electron chi connectivity index (χ3n) is 5.26. The molecule has 2 heterocycles. The summed E-state index contributed by atoms with van der Waals surface area (Å²) in [6.07, 6.45) is -4.48. The van der Waals surface area contributed by atoms with E-state index >= 15 is 0 Å². The Hall–Kier alpha value is -2.56. The van der Waals surface area contributed by atoms with Crippen molar-refractivity contribution in [2.45, 2.75) is 58.3 Å². The van der Waals surface area contributed by atoms with Gasteiger partial charge in [-0.2, -0.15) is 4.98 Å². The first-order chi connectivity index (χ1) is 16.5. The van der Waals surface area contributed by atoms with Crippen LogP contribution in [-0.2, 0) is 23.4 Å². The lowest BCUT2D eigenvalue weighted by atomic mass is 10.1. The number of aliphatic hydroxyl groups excluding tert-OH is 2. The van der Waals surface area contributed by atoms with Crippen molar-refractivity contribution in [1.82, 2.24) is 9.55 Å². The SMILES string of the molecule is Cc1ccn([C@@H]2O[C@H](COP(=O)(C[C@@H](C)C(=O)OC(C)C)Oc3ccccc3)[C@H](O)C2O)c(=O)n1. The van der Waals surface area contributed by atoms with Crippen LogP contribution in [-0.4, -0.2) is 62.9 Å². The number of hydrogen-bond donors (Lipinski definition) is 2. The van der Waals surface area contributed by atoms with E-state index in [1.165, 1.54) is 6.20 Å². The van der Waals surface area contributed by atoms with Gasteiger partial charge in [-0.05, 0) is 39.0 Å². The van der Waals surface area contributed by atoms with Gasteiger partial charge in [-0.15, -0.1) is 0 Å². The predicted octanol–water partition coefficient (Wildman–Crippen LogP) is 2.05. The maximum absolute atomic E-state index is 13.7. The number of aromatic nitrogens is 2. The minimum atomic E-state index is -3.96. The number of carbonyl (C=O) groups is 1. The first-order valence-electron chi connectivity index (χ1n) is 11.2. The van der Waals surface area contributed by atoms with Crippen molar-refractivity contribution in [3.63, 3.8) is 0 Å². The predicted molar refractivity (Wildman–Crippen MR) is 125 cm³/mol. The van der Waals surface area contributed by atoms with Gasteiger partial charge in [0, 0.05) is 11.9 Å². The number of hydrogen-bond acceptors (Lipinski definition) is 10. The van der Waals surface area contributed by atoms with Crippen LogP contribution in [0.2, 0.25) is 0 Å². The smallest absolute Gasteiger partial charge is 0.380 e. The maximum Gasteiger partial charge on any atom is 0.380 e. The fourth-order valence-corrected chi connectivity index (χ4v) is 5.36. The normalized spacial score (nSPS) is 24.7. The van der Waals surface area contributed by atoms with Crippen molar-refractivity contribution >= 4 is 13.6 Å². The number of carbonyl (C=O) groups excluding carboxylic acids is 1. The molecule has 0 radical (unpaired) electrons. The third kappa shape index (κ3) is 6.99. The summed E-state index contributed by atoms with van der Waals surface area (Å²) >= 11 is 0. The molecule has 1 aliphatic rings. The minimum absolute atomic E-state index is 0.267. The van der Waals surface area contributed by atoms with Crippen molar-refractivity contribution < 1.29 is 38.1 Å². The van der Waals surface area contributed by atoms with Gasteiger partial charge >= 0.3 is 19.3 Å². The van der Waals surface area contributed by atoms with Crippen LogP contribution in [0, 0.1) is 12.8 Å². The molecule has 192 valence electrons. The van der Waals surface area contributed by atoms with Gasteiger partial charge in [-0.3, -0.25) is 13.9 Å². The molecule has 1 fully saturated rings. The van der Waals surface area contributed by atoms with Crippen molar-refractivity contribution in [3.8, 4) is 5.75 Å². The molecule has 12 heteroatoms. The van der Waals surface area contributed by atoms with Crippen LogP contribution in [0.25, 0.3) is 0 Å². The monoisotopic (exact) mass is 510 g/mol. The first-order valence-corrected chi connectivity index (χ1v) is 13.0. The Kier molecular flexibility index (Phi) is 8.84. The van der Waals surface area contributed by atoms with Crippen molar-refractivity contribution in [2.75, 3.05) is 12.8 Å². The average molecular weight is 510 g/mol. The molecule has 6 atom stereocenters. The lowest BCUT2D eigenvalue weighted by Crippen LogP contribution is -2.36. The Balaban J connectivity index is 1.75. The van der Waals surface area contributed by atoms with Gasteiger partial charge in [0.1, 0.15) is 24.1 Å². The molecule has 0 amide bonds. The fourth-order valence-electron chi connectivity index (χ4n) is 3.49. The molecule has 0 spiro atoms. The summed E-state index contributed by atoms with van der Waals surface area (Å²) < 4.78 is 36.9. The molecular weight excluding hydrogens is 479 g/mol. The van der Waals surface area contributed by atoms with Crippen LogP contribution < -0.4 is 10.2 Å².